The van der Waals surface area contributed by atoms with Crippen LogP contribution in [-0.2, 0) is 6.42 Å². The first-order valence-electron chi connectivity index (χ1n) is 6.39. The van der Waals surface area contributed by atoms with Crippen LogP contribution in [0.2, 0.25) is 0 Å². The van der Waals surface area contributed by atoms with E-state index >= 15 is 0 Å². The molecule has 0 radical (unpaired) electrons. The van der Waals surface area contributed by atoms with E-state index in [2.05, 4.69) is 41.7 Å². The highest BCUT2D eigenvalue weighted by Crippen LogP contribution is 2.30. The summed E-state index contributed by atoms with van der Waals surface area (Å²) in [6.07, 6.45) is 0.491. The van der Waals surface area contributed by atoms with Crippen molar-refractivity contribution >= 4 is 0 Å². The maximum Gasteiger partial charge on any atom is 0.131 e. The van der Waals surface area contributed by atoms with Gasteiger partial charge in [-0.3, -0.25) is 5.32 Å². The predicted octanol–water partition coefficient (Wildman–Crippen LogP) is 2.61. The van der Waals surface area contributed by atoms with Gasteiger partial charge in [0.15, 0.2) is 0 Å². The van der Waals surface area contributed by atoms with Gasteiger partial charge in [0.25, 0.3) is 0 Å². The van der Waals surface area contributed by atoms with Gasteiger partial charge in [0.05, 0.1) is 0 Å². The number of hydrogen-bond acceptors (Lipinski definition) is 2. The smallest absolute Gasteiger partial charge is 0.131 e. The lowest BCUT2D eigenvalue weighted by Crippen LogP contribution is -2.33. The summed E-state index contributed by atoms with van der Waals surface area (Å²) in [6, 6.07) is 18.7. The molecule has 0 bridgehead atoms. The molecule has 0 amide bonds. The molecule has 3 rings (SSSR count). The molecule has 2 N–H and O–H groups in total. The van der Waals surface area contributed by atoms with Gasteiger partial charge in [-0.25, -0.2) is 0 Å². The van der Waals surface area contributed by atoms with E-state index in [9.17, 15) is 5.11 Å². The van der Waals surface area contributed by atoms with E-state index in [0.29, 0.717) is 5.92 Å². The molecule has 18 heavy (non-hydrogen) atoms. The molecule has 2 aromatic rings. The van der Waals surface area contributed by atoms with Crippen LogP contribution in [0.3, 0.4) is 0 Å². The Kier molecular flexibility index (Phi) is 3.13. The van der Waals surface area contributed by atoms with Crippen LogP contribution in [0, 0.1) is 0 Å². The topological polar surface area (TPSA) is 32.3 Å². The maximum absolute atomic E-state index is 9.93. The lowest BCUT2D eigenvalue weighted by atomic mass is 9.85. The third-order valence-corrected chi connectivity index (χ3v) is 3.61. The summed E-state index contributed by atoms with van der Waals surface area (Å²) in [6.45, 7) is 0.826. The molecule has 2 unspecified atom stereocenters. The van der Waals surface area contributed by atoms with Gasteiger partial charge in [0.2, 0.25) is 0 Å². The van der Waals surface area contributed by atoms with E-state index in [1.807, 2.05) is 18.2 Å². The molecule has 0 spiro atoms. The second-order valence-electron chi connectivity index (χ2n) is 4.83. The normalized spacial score (nSPS) is 22.5. The van der Waals surface area contributed by atoms with Crippen LogP contribution in [0.4, 0.5) is 0 Å². The van der Waals surface area contributed by atoms with E-state index in [4.69, 9.17) is 0 Å². The molecule has 0 saturated carbocycles. The summed E-state index contributed by atoms with van der Waals surface area (Å²) in [5, 5.41) is 13.1. The Morgan fingerprint density at radius 3 is 2.39 bits per heavy atom. The van der Waals surface area contributed by atoms with Crippen LogP contribution in [-0.4, -0.2) is 11.7 Å². The van der Waals surface area contributed by atoms with E-state index in [0.717, 1.165) is 18.5 Å². The van der Waals surface area contributed by atoms with Crippen LogP contribution in [0.25, 0.3) is 0 Å². The molecule has 0 saturated heterocycles. The van der Waals surface area contributed by atoms with Crippen LogP contribution in [0.15, 0.2) is 54.6 Å². The summed E-state index contributed by atoms with van der Waals surface area (Å²) in [7, 11) is 0. The zero-order valence-electron chi connectivity index (χ0n) is 10.2. The van der Waals surface area contributed by atoms with E-state index in [1.165, 1.54) is 11.1 Å². The Morgan fingerprint density at radius 1 is 0.944 bits per heavy atom. The third-order valence-electron chi connectivity index (χ3n) is 3.61. The van der Waals surface area contributed by atoms with Crippen LogP contribution < -0.4 is 5.32 Å². The van der Waals surface area contributed by atoms with Gasteiger partial charge >= 0.3 is 0 Å². The number of rotatable bonds is 2. The lowest BCUT2D eigenvalue weighted by molar-refractivity contribution is 0.126. The SMILES string of the molecule is OC1NCC(Cc2ccccc2)c2ccccc21. The first kappa shape index (κ1) is 11.5. The number of aliphatic hydroxyl groups excluding tert-OH is 1. The standard InChI is InChI=1S/C16H17NO/c18-16-15-9-5-4-8-14(15)13(11-17-16)10-12-6-2-1-3-7-12/h1-9,13,16-18H,10-11H2. The van der Waals surface area contributed by atoms with E-state index < -0.39 is 6.23 Å². The fourth-order valence-electron chi connectivity index (χ4n) is 2.69. The minimum atomic E-state index is -0.520. The molecule has 2 atom stereocenters. The highest BCUT2D eigenvalue weighted by Gasteiger charge is 2.24. The average Bonchev–Trinajstić information content (AvgIpc) is 2.44. The average molecular weight is 239 g/mol. The fraction of sp³-hybridized carbons (Fsp3) is 0.250. The number of hydrogen-bond donors (Lipinski definition) is 2. The van der Waals surface area contributed by atoms with Crippen molar-refractivity contribution in [1.82, 2.24) is 5.32 Å². The second kappa shape index (κ2) is 4.92. The molecule has 0 aromatic heterocycles. The van der Waals surface area contributed by atoms with Gasteiger partial charge in [0, 0.05) is 12.5 Å². The molecule has 1 aliphatic heterocycles. The van der Waals surface area contributed by atoms with E-state index in [-0.39, 0.29) is 0 Å². The summed E-state index contributed by atoms with van der Waals surface area (Å²) in [4.78, 5) is 0. The highest BCUT2D eigenvalue weighted by molar-refractivity contribution is 5.35. The fourth-order valence-corrected chi connectivity index (χ4v) is 2.69. The van der Waals surface area contributed by atoms with Gasteiger partial charge in [-0.15, -0.1) is 0 Å². The number of nitrogens with one attached hydrogen (secondary N) is 1. The quantitative estimate of drug-likeness (QED) is 0.844. The molecular formula is C16H17NO. The zero-order valence-corrected chi connectivity index (χ0v) is 10.2. The van der Waals surface area contributed by atoms with Crippen molar-refractivity contribution < 1.29 is 5.11 Å². The molecule has 2 aromatic carbocycles. The molecule has 2 heteroatoms. The van der Waals surface area contributed by atoms with Gasteiger partial charge in [0.1, 0.15) is 6.23 Å². The zero-order chi connectivity index (χ0) is 12.4. The Bertz CT molecular complexity index is 524. The molecule has 0 aliphatic carbocycles. The number of aliphatic hydroxyl groups is 1. The van der Waals surface area contributed by atoms with Gasteiger partial charge in [-0.05, 0) is 23.1 Å². The third kappa shape index (κ3) is 2.17. The van der Waals surface area contributed by atoms with Gasteiger partial charge < -0.3 is 5.11 Å². The molecule has 1 aliphatic rings. The Morgan fingerprint density at radius 2 is 1.61 bits per heavy atom. The largest absolute Gasteiger partial charge is 0.374 e. The monoisotopic (exact) mass is 239 g/mol. The lowest BCUT2D eigenvalue weighted by Gasteiger charge is -2.30. The summed E-state index contributed by atoms with van der Waals surface area (Å²) >= 11 is 0. The van der Waals surface area contributed by atoms with E-state index in [1.54, 1.807) is 0 Å². The highest BCUT2D eigenvalue weighted by atomic mass is 16.3. The molecular weight excluding hydrogens is 222 g/mol. The molecule has 2 nitrogen and oxygen atoms in total. The maximum atomic E-state index is 9.93. The minimum Gasteiger partial charge on any atom is -0.374 e. The Hall–Kier alpha value is -1.64. The molecule has 92 valence electrons. The van der Waals surface area contributed by atoms with Crippen LogP contribution in [0.5, 0.6) is 0 Å². The van der Waals surface area contributed by atoms with Crippen molar-refractivity contribution in [3.05, 3.63) is 71.3 Å². The summed E-state index contributed by atoms with van der Waals surface area (Å²) in [5.41, 5.74) is 3.63. The van der Waals surface area contributed by atoms with Crippen LogP contribution >= 0.6 is 0 Å². The molecule has 0 fully saturated rings. The van der Waals surface area contributed by atoms with Crippen molar-refractivity contribution in [2.45, 2.75) is 18.6 Å². The Balaban J connectivity index is 1.89. The van der Waals surface area contributed by atoms with Crippen molar-refractivity contribution in [2.75, 3.05) is 6.54 Å². The summed E-state index contributed by atoms with van der Waals surface area (Å²) < 4.78 is 0. The number of fused-ring (bicyclic) bond motifs is 1. The van der Waals surface area contributed by atoms with Crippen molar-refractivity contribution in [1.29, 1.82) is 0 Å². The predicted molar refractivity (Wildman–Crippen MR) is 72.3 cm³/mol. The minimum absolute atomic E-state index is 0.437. The first-order chi connectivity index (χ1) is 8.84. The Labute approximate surface area is 107 Å². The van der Waals surface area contributed by atoms with Crippen molar-refractivity contribution in [2.24, 2.45) is 0 Å². The van der Waals surface area contributed by atoms with Crippen molar-refractivity contribution in [3.8, 4) is 0 Å². The molecule has 1 heterocycles. The van der Waals surface area contributed by atoms with Gasteiger partial charge in [-0.2, -0.15) is 0 Å². The number of benzene rings is 2. The first-order valence-corrected chi connectivity index (χ1v) is 6.39. The van der Waals surface area contributed by atoms with Crippen LogP contribution in [0.1, 0.15) is 28.8 Å². The second-order valence-corrected chi connectivity index (χ2v) is 4.83. The summed E-state index contributed by atoms with van der Waals surface area (Å²) in [5.74, 6) is 0.437. The van der Waals surface area contributed by atoms with Crippen molar-refractivity contribution in [3.63, 3.8) is 0 Å². The van der Waals surface area contributed by atoms with Gasteiger partial charge in [-0.1, -0.05) is 54.6 Å².